The zero-order valence-electron chi connectivity index (χ0n) is 14.3. The van der Waals surface area contributed by atoms with Gasteiger partial charge in [0, 0.05) is 24.2 Å². The molecule has 0 aliphatic heterocycles. The van der Waals surface area contributed by atoms with Crippen LogP contribution < -0.4 is 10.9 Å². The van der Waals surface area contributed by atoms with Crippen molar-refractivity contribution in [3.05, 3.63) is 57.5 Å². The van der Waals surface area contributed by atoms with E-state index in [0.717, 1.165) is 0 Å². The summed E-state index contributed by atoms with van der Waals surface area (Å²) in [5, 5.41) is 3.54. The Morgan fingerprint density at radius 2 is 2.04 bits per heavy atom. The zero-order chi connectivity index (χ0) is 17.5. The van der Waals surface area contributed by atoms with E-state index in [1.807, 2.05) is 24.5 Å². The molecule has 2 N–H and O–H groups in total. The van der Waals surface area contributed by atoms with Crippen molar-refractivity contribution in [2.24, 2.45) is 0 Å². The molecule has 0 spiro atoms. The van der Waals surface area contributed by atoms with Crippen molar-refractivity contribution >= 4 is 17.7 Å². The molecule has 0 bridgehead atoms. The number of aryl methyl sites for hydroxylation is 1. The molecule has 24 heavy (non-hydrogen) atoms. The van der Waals surface area contributed by atoms with Gasteiger partial charge in [0.1, 0.15) is 0 Å². The zero-order valence-corrected chi connectivity index (χ0v) is 15.1. The highest BCUT2D eigenvalue weighted by Gasteiger charge is 2.11. The second kappa shape index (κ2) is 8.68. The van der Waals surface area contributed by atoms with Gasteiger partial charge < -0.3 is 10.3 Å². The van der Waals surface area contributed by atoms with Gasteiger partial charge in [-0.2, -0.15) is 0 Å². The van der Waals surface area contributed by atoms with E-state index < -0.39 is 0 Å². The van der Waals surface area contributed by atoms with Crippen molar-refractivity contribution in [1.82, 2.24) is 15.3 Å². The third-order valence-electron chi connectivity index (χ3n) is 3.97. The summed E-state index contributed by atoms with van der Waals surface area (Å²) in [6.07, 6.45) is 2.54. The number of amides is 1. The molecule has 5 nitrogen and oxygen atoms in total. The Morgan fingerprint density at radius 3 is 2.67 bits per heavy atom. The fourth-order valence-electron chi connectivity index (χ4n) is 2.47. The molecule has 0 aliphatic rings. The van der Waals surface area contributed by atoms with Gasteiger partial charge in [-0.1, -0.05) is 49.0 Å². The predicted octanol–water partition coefficient (Wildman–Crippen LogP) is 2.65. The number of H-pyrrole nitrogens is 1. The molecule has 128 valence electrons. The van der Waals surface area contributed by atoms with Gasteiger partial charge in [0.25, 0.3) is 5.56 Å². The first kappa shape index (κ1) is 18.3. The molecule has 1 amide bonds. The lowest BCUT2D eigenvalue weighted by Gasteiger charge is -2.13. The van der Waals surface area contributed by atoms with Crippen molar-refractivity contribution in [2.75, 3.05) is 12.8 Å². The second-order valence-corrected chi connectivity index (χ2v) is 6.55. The van der Waals surface area contributed by atoms with Crippen LogP contribution in [-0.2, 0) is 11.2 Å². The van der Waals surface area contributed by atoms with E-state index >= 15 is 0 Å². The third-order valence-corrected chi connectivity index (χ3v) is 4.55. The van der Waals surface area contributed by atoms with Gasteiger partial charge in [-0.05, 0) is 31.1 Å². The van der Waals surface area contributed by atoms with Crippen molar-refractivity contribution < 1.29 is 4.79 Å². The van der Waals surface area contributed by atoms with Crippen LogP contribution in [0.3, 0.4) is 0 Å². The summed E-state index contributed by atoms with van der Waals surface area (Å²) in [7, 11) is 0. The molecule has 1 atom stereocenters. The van der Waals surface area contributed by atoms with Crippen molar-refractivity contribution in [3.8, 4) is 0 Å². The molecule has 0 radical (unpaired) electrons. The highest BCUT2D eigenvalue weighted by atomic mass is 32.2. The normalized spacial score (nSPS) is 12.0. The van der Waals surface area contributed by atoms with E-state index in [0.29, 0.717) is 29.4 Å². The Hall–Kier alpha value is -2.08. The maximum Gasteiger partial charge on any atom is 0.254 e. The third kappa shape index (κ3) is 4.96. The number of nitrogens with zero attached hydrogens (tertiary/aromatic N) is 1. The number of nitrogens with one attached hydrogen (secondary N) is 2. The van der Waals surface area contributed by atoms with Crippen LogP contribution in [0.2, 0.25) is 0 Å². The molecule has 1 heterocycles. The number of carbonyl (C=O) groups excluding carboxylic acids is 1. The first-order chi connectivity index (χ1) is 11.5. The minimum absolute atomic E-state index is 0.0504. The highest BCUT2D eigenvalue weighted by Crippen LogP contribution is 2.13. The average Bonchev–Trinajstić information content (AvgIpc) is 2.59. The molecule has 2 rings (SSSR count). The van der Waals surface area contributed by atoms with Crippen LogP contribution in [0.15, 0.2) is 40.3 Å². The van der Waals surface area contributed by atoms with E-state index in [1.54, 1.807) is 6.92 Å². The Kier molecular flexibility index (Phi) is 6.61. The van der Waals surface area contributed by atoms with Gasteiger partial charge in [0.15, 0.2) is 5.16 Å². The van der Waals surface area contributed by atoms with E-state index in [4.69, 9.17) is 0 Å². The number of carbonyl (C=O) groups is 1. The maximum absolute atomic E-state index is 12.0. The van der Waals surface area contributed by atoms with Crippen LogP contribution in [0.25, 0.3) is 0 Å². The van der Waals surface area contributed by atoms with Gasteiger partial charge in [-0.3, -0.25) is 9.59 Å². The summed E-state index contributed by atoms with van der Waals surface area (Å²) in [4.78, 5) is 31.1. The lowest BCUT2D eigenvalue weighted by molar-refractivity contribution is -0.121. The maximum atomic E-state index is 12.0. The fourth-order valence-corrected chi connectivity index (χ4v) is 2.89. The molecular weight excluding hydrogens is 322 g/mol. The van der Waals surface area contributed by atoms with E-state index in [9.17, 15) is 9.59 Å². The monoisotopic (exact) mass is 345 g/mol. The largest absolute Gasteiger partial charge is 0.355 e. The number of benzene rings is 1. The Balaban J connectivity index is 1.87. The van der Waals surface area contributed by atoms with Crippen LogP contribution in [0, 0.1) is 6.92 Å². The van der Waals surface area contributed by atoms with Crippen molar-refractivity contribution in [1.29, 1.82) is 0 Å². The Bertz CT molecular complexity index is 744. The number of rotatable bonds is 7. The van der Waals surface area contributed by atoms with Gasteiger partial charge >= 0.3 is 0 Å². The summed E-state index contributed by atoms with van der Waals surface area (Å²) < 4.78 is 0. The van der Waals surface area contributed by atoms with Crippen LogP contribution in [-0.4, -0.2) is 28.7 Å². The van der Waals surface area contributed by atoms with Gasteiger partial charge in [0.2, 0.25) is 5.91 Å². The standard InChI is InChI=1S/C18H23N3O2S/c1-12(14-7-5-4-6-8-14)11-19-16(22)10-9-15-13(2)20-18(24-3)21-17(15)23/h4-8,12H,9-11H2,1-3H3,(H,19,22)(H,20,21,23)/t12-/m0/s1. The van der Waals surface area contributed by atoms with E-state index in [1.165, 1.54) is 17.3 Å². The highest BCUT2D eigenvalue weighted by molar-refractivity contribution is 7.98. The number of hydrogen-bond donors (Lipinski definition) is 2. The lowest BCUT2D eigenvalue weighted by Crippen LogP contribution is -2.28. The fraction of sp³-hybridized carbons (Fsp3) is 0.389. The molecule has 0 fully saturated rings. The van der Waals surface area contributed by atoms with Crippen molar-refractivity contribution in [3.63, 3.8) is 0 Å². The minimum atomic E-state index is -0.155. The predicted molar refractivity (Wildman–Crippen MR) is 97.6 cm³/mol. The molecule has 2 aromatic rings. The van der Waals surface area contributed by atoms with Gasteiger partial charge in [-0.15, -0.1) is 0 Å². The SMILES string of the molecule is CSc1nc(C)c(CCC(=O)NC[C@H](C)c2ccccc2)c(=O)[nH]1. The smallest absolute Gasteiger partial charge is 0.254 e. The Labute approximate surface area is 146 Å². The molecule has 0 saturated heterocycles. The molecule has 1 aromatic carbocycles. The minimum Gasteiger partial charge on any atom is -0.355 e. The summed E-state index contributed by atoms with van der Waals surface area (Å²) in [6, 6.07) is 10.1. The molecule has 0 aliphatic carbocycles. The molecular formula is C18H23N3O2S. The number of thioether (sulfide) groups is 1. The molecule has 1 aromatic heterocycles. The summed E-state index contributed by atoms with van der Waals surface area (Å²) in [5.41, 5.74) is 2.31. The van der Waals surface area contributed by atoms with Gasteiger partial charge in [0.05, 0.1) is 0 Å². The van der Waals surface area contributed by atoms with Crippen LogP contribution in [0.5, 0.6) is 0 Å². The average molecular weight is 345 g/mol. The quantitative estimate of drug-likeness (QED) is 0.597. The number of aromatic nitrogens is 2. The van der Waals surface area contributed by atoms with Crippen molar-refractivity contribution in [2.45, 2.75) is 37.8 Å². The molecule has 6 heteroatoms. The van der Waals surface area contributed by atoms with E-state index in [-0.39, 0.29) is 23.8 Å². The lowest BCUT2D eigenvalue weighted by atomic mass is 10.0. The summed E-state index contributed by atoms with van der Waals surface area (Å²) in [5.74, 6) is 0.202. The summed E-state index contributed by atoms with van der Waals surface area (Å²) in [6.45, 7) is 4.47. The topological polar surface area (TPSA) is 74.8 Å². The summed E-state index contributed by atoms with van der Waals surface area (Å²) >= 11 is 1.39. The molecule has 0 unspecified atom stereocenters. The number of aromatic amines is 1. The first-order valence-electron chi connectivity index (χ1n) is 7.96. The number of hydrogen-bond acceptors (Lipinski definition) is 4. The van der Waals surface area contributed by atoms with Crippen LogP contribution in [0.4, 0.5) is 0 Å². The van der Waals surface area contributed by atoms with Crippen LogP contribution >= 0.6 is 11.8 Å². The Morgan fingerprint density at radius 1 is 1.33 bits per heavy atom. The van der Waals surface area contributed by atoms with Gasteiger partial charge in [-0.25, -0.2) is 4.98 Å². The second-order valence-electron chi connectivity index (χ2n) is 5.75. The van der Waals surface area contributed by atoms with E-state index in [2.05, 4.69) is 34.3 Å². The van der Waals surface area contributed by atoms with Crippen LogP contribution in [0.1, 0.15) is 36.1 Å². The molecule has 0 saturated carbocycles. The first-order valence-corrected chi connectivity index (χ1v) is 9.19.